The number of rotatable bonds is 6. The molecular formula is C20H20N2OS. The van der Waals surface area contributed by atoms with Gasteiger partial charge in [-0.05, 0) is 23.3 Å². The third-order valence-electron chi connectivity index (χ3n) is 3.92. The first kappa shape index (κ1) is 16.4. The van der Waals surface area contributed by atoms with Gasteiger partial charge in [-0.15, -0.1) is 17.9 Å². The summed E-state index contributed by atoms with van der Waals surface area (Å²) in [7, 11) is 0. The number of fused-ring (bicyclic) bond motifs is 1. The Morgan fingerprint density at radius 2 is 2.04 bits per heavy atom. The molecule has 1 amide bonds. The van der Waals surface area contributed by atoms with Gasteiger partial charge in [0.1, 0.15) is 0 Å². The van der Waals surface area contributed by atoms with Crippen LogP contribution in [0.5, 0.6) is 0 Å². The molecule has 0 saturated heterocycles. The van der Waals surface area contributed by atoms with Crippen LogP contribution in [0, 0.1) is 6.92 Å². The predicted molar refractivity (Wildman–Crippen MR) is 101 cm³/mol. The molecule has 1 N–H and O–H groups in total. The second-order valence-electron chi connectivity index (χ2n) is 5.70. The first-order valence-corrected chi connectivity index (χ1v) is 8.78. The molecule has 3 nitrogen and oxygen atoms in total. The molecule has 2 aromatic carbocycles. The number of carbonyl (C=O) groups excluding carboxylic acids is 1. The molecule has 0 saturated carbocycles. The molecule has 0 aliphatic heterocycles. The molecule has 3 aromatic rings. The zero-order valence-electron chi connectivity index (χ0n) is 13.7. The number of nitrogens with one attached hydrogen (secondary N) is 1. The van der Waals surface area contributed by atoms with Gasteiger partial charge in [-0.3, -0.25) is 4.79 Å². The molecule has 0 atom stereocenters. The van der Waals surface area contributed by atoms with E-state index in [1.54, 1.807) is 17.4 Å². The number of benzene rings is 2. The van der Waals surface area contributed by atoms with Crippen LogP contribution in [0.25, 0.3) is 10.8 Å². The van der Waals surface area contributed by atoms with Crippen LogP contribution in [0.15, 0.2) is 55.1 Å². The van der Waals surface area contributed by atoms with Crippen molar-refractivity contribution < 1.29 is 4.79 Å². The van der Waals surface area contributed by atoms with Gasteiger partial charge < -0.3 is 5.32 Å². The maximum atomic E-state index is 11.9. The molecule has 1 heterocycles. The maximum absolute atomic E-state index is 11.9. The van der Waals surface area contributed by atoms with Crippen LogP contribution in [0.1, 0.15) is 21.1 Å². The lowest BCUT2D eigenvalue weighted by atomic mass is 10.0. The fourth-order valence-electron chi connectivity index (χ4n) is 2.73. The molecule has 0 bridgehead atoms. The minimum absolute atomic E-state index is 0.0124. The number of hydrogen-bond donors (Lipinski definition) is 1. The van der Waals surface area contributed by atoms with Gasteiger partial charge in [-0.25, -0.2) is 4.98 Å². The summed E-state index contributed by atoms with van der Waals surface area (Å²) in [4.78, 5) is 17.6. The third-order valence-corrected chi connectivity index (χ3v) is 5.08. The maximum Gasteiger partial charge on any atom is 0.225 e. The van der Waals surface area contributed by atoms with Crippen molar-refractivity contribution in [3.8, 4) is 0 Å². The van der Waals surface area contributed by atoms with E-state index in [1.165, 1.54) is 16.3 Å². The molecule has 0 aliphatic rings. The van der Waals surface area contributed by atoms with Crippen molar-refractivity contribution in [3.05, 3.63) is 76.3 Å². The zero-order chi connectivity index (χ0) is 16.9. The number of aromatic nitrogens is 1. The largest absolute Gasteiger partial charge is 0.352 e. The number of thiazole rings is 1. The van der Waals surface area contributed by atoms with E-state index in [2.05, 4.69) is 59.3 Å². The lowest BCUT2D eigenvalue weighted by Crippen LogP contribution is -2.24. The summed E-state index contributed by atoms with van der Waals surface area (Å²) >= 11 is 1.63. The highest BCUT2D eigenvalue weighted by Gasteiger charge is 2.12. The molecule has 24 heavy (non-hydrogen) atoms. The topological polar surface area (TPSA) is 42.0 Å². The second kappa shape index (κ2) is 7.41. The fraction of sp³-hybridized carbons (Fsp3) is 0.200. The van der Waals surface area contributed by atoms with Crippen molar-refractivity contribution in [2.24, 2.45) is 0 Å². The molecule has 1 aromatic heterocycles. The van der Waals surface area contributed by atoms with Gasteiger partial charge in [-0.2, -0.15) is 0 Å². The highest BCUT2D eigenvalue weighted by Crippen LogP contribution is 2.25. The molecule has 0 unspecified atom stereocenters. The number of amides is 1. The normalized spacial score (nSPS) is 10.7. The molecule has 0 fully saturated rings. The van der Waals surface area contributed by atoms with Crippen molar-refractivity contribution in [1.29, 1.82) is 0 Å². The summed E-state index contributed by atoms with van der Waals surface area (Å²) in [5.74, 6) is 0.0124. The summed E-state index contributed by atoms with van der Waals surface area (Å²) < 4.78 is 0. The number of nitrogens with zero attached hydrogens (tertiary/aromatic N) is 1. The second-order valence-corrected chi connectivity index (χ2v) is 6.87. The summed E-state index contributed by atoms with van der Waals surface area (Å²) in [6.07, 6.45) is 2.86. The number of carbonyl (C=O) groups is 1. The Morgan fingerprint density at radius 3 is 2.88 bits per heavy atom. The van der Waals surface area contributed by atoms with Crippen LogP contribution < -0.4 is 5.32 Å². The van der Waals surface area contributed by atoms with Crippen molar-refractivity contribution >= 4 is 28.0 Å². The molecular weight excluding hydrogens is 316 g/mol. The Balaban J connectivity index is 1.79. The van der Waals surface area contributed by atoms with Crippen molar-refractivity contribution in [3.63, 3.8) is 0 Å². The van der Waals surface area contributed by atoms with Crippen molar-refractivity contribution in [2.75, 3.05) is 6.54 Å². The van der Waals surface area contributed by atoms with Crippen molar-refractivity contribution in [1.82, 2.24) is 10.3 Å². The van der Waals surface area contributed by atoms with Crippen LogP contribution in [0.2, 0.25) is 0 Å². The van der Waals surface area contributed by atoms with Gasteiger partial charge in [0.25, 0.3) is 0 Å². The van der Waals surface area contributed by atoms with Gasteiger partial charge in [0.15, 0.2) is 0 Å². The van der Waals surface area contributed by atoms with Gasteiger partial charge in [0.2, 0.25) is 5.91 Å². The van der Waals surface area contributed by atoms with Crippen LogP contribution in [0.3, 0.4) is 0 Å². The van der Waals surface area contributed by atoms with Crippen LogP contribution >= 0.6 is 11.3 Å². The first-order valence-electron chi connectivity index (χ1n) is 7.97. The monoisotopic (exact) mass is 336 g/mol. The minimum atomic E-state index is 0.0124. The highest BCUT2D eigenvalue weighted by atomic mass is 32.1. The van der Waals surface area contributed by atoms with Gasteiger partial charge in [-0.1, -0.05) is 48.5 Å². The molecule has 0 spiro atoms. The third kappa shape index (κ3) is 3.71. The molecule has 4 heteroatoms. The fourth-order valence-corrected chi connectivity index (χ4v) is 3.82. The van der Waals surface area contributed by atoms with Crippen LogP contribution in [-0.2, 0) is 17.6 Å². The number of aryl methyl sites for hydroxylation is 1. The standard InChI is InChI=1S/C20H20N2OS/c1-3-11-21-19(23)13-18-14(2)22-20(24-18)12-16-9-6-8-15-7-4-5-10-17(15)16/h3-10H,1,11-13H2,2H3,(H,21,23). The van der Waals surface area contributed by atoms with Crippen LogP contribution in [0.4, 0.5) is 0 Å². The molecule has 0 radical (unpaired) electrons. The van der Waals surface area contributed by atoms with Crippen molar-refractivity contribution in [2.45, 2.75) is 19.8 Å². The SMILES string of the molecule is C=CCNC(=O)Cc1sc(Cc2cccc3ccccc23)nc1C. The van der Waals surface area contributed by atoms with E-state index in [1.807, 2.05) is 6.92 Å². The lowest BCUT2D eigenvalue weighted by Gasteiger charge is -2.04. The van der Waals surface area contributed by atoms with E-state index < -0.39 is 0 Å². The minimum Gasteiger partial charge on any atom is -0.352 e. The lowest BCUT2D eigenvalue weighted by molar-refractivity contribution is -0.120. The smallest absolute Gasteiger partial charge is 0.225 e. The van der Waals surface area contributed by atoms with Gasteiger partial charge >= 0.3 is 0 Å². The van der Waals surface area contributed by atoms with E-state index in [4.69, 9.17) is 0 Å². The molecule has 3 rings (SSSR count). The molecule has 0 aliphatic carbocycles. The summed E-state index contributed by atoms with van der Waals surface area (Å²) in [5, 5.41) is 6.37. The van der Waals surface area contributed by atoms with Gasteiger partial charge in [0, 0.05) is 17.8 Å². The first-order chi connectivity index (χ1) is 11.7. The van der Waals surface area contributed by atoms with E-state index in [0.717, 1.165) is 22.0 Å². The van der Waals surface area contributed by atoms with Gasteiger partial charge in [0.05, 0.1) is 17.1 Å². The summed E-state index contributed by atoms with van der Waals surface area (Å²) in [5.41, 5.74) is 2.22. The highest BCUT2D eigenvalue weighted by molar-refractivity contribution is 7.11. The summed E-state index contributed by atoms with van der Waals surface area (Å²) in [6, 6.07) is 14.8. The van der Waals surface area contributed by atoms with Crippen LogP contribution in [-0.4, -0.2) is 17.4 Å². The Hall–Kier alpha value is -2.46. The average molecular weight is 336 g/mol. The zero-order valence-corrected chi connectivity index (χ0v) is 14.5. The Bertz CT molecular complexity index is 877. The quantitative estimate of drug-likeness (QED) is 0.690. The number of hydrogen-bond acceptors (Lipinski definition) is 3. The Kier molecular flexibility index (Phi) is 5.06. The van der Waals surface area contributed by atoms with E-state index in [0.29, 0.717) is 13.0 Å². The predicted octanol–water partition coefficient (Wildman–Crippen LogP) is 4.04. The Morgan fingerprint density at radius 1 is 1.25 bits per heavy atom. The van der Waals surface area contributed by atoms with E-state index in [9.17, 15) is 4.79 Å². The van der Waals surface area contributed by atoms with E-state index >= 15 is 0 Å². The Labute approximate surface area is 146 Å². The molecule has 122 valence electrons. The average Bonchev–Trinajstić information content (AvgIpc) is 2.92. The summed E-state index contributed by atoms with van der Waals surface area (Å²) in [6.45, 7) is 6.08. The van der Waals surface area contributed by atoms with E-state index in [-0.39, 0.29) is 5.91 Å².